The van der Waals surface area contributed by atoms with Crippen LogP contribution in [0.3, 0.4) is 0 Å². The number of piperidine rings is 1. The molecule has 0 spiro atoms. The minimum atomic E-state index is -0.575. The number of anilines is 1. The first-order chi connectivity index (χ1) is 20.6. The number of hydrogen-bond donors (Lipinski definition) is 1. The number of carbonyl (C=O) groups excluding carboxylic acids is 3. The summed E-state index contributed by atoms with van der Waals surface area (Å²) in [7, 11) is 1.65. The number of esters is 1. The number of nitrogens with one attached hydrogen (secondary N) is 1. The first-order valence-corrected chi connectivity index (χ1v) is 14.5. The van der Waals surface area contributed by atoms with E-state index in [0.717, 1.165) is 5.56 Å². The minimum Gasteiger partial charge on any atom is -0.490 e. The van der Waals surface area contributed by atoms with Crippen LogP contribution in [0.25, 0.3) is 10.9 Å². The van der Waals surface area contributed by atoms with Gasteiger partial charge in [-0.25, -0.2) is 9.59 Å². The molecular weight excluding hydrogens is 556 g/mol. The normalized spacial score (nSPS) is 13.6. The summed E-state index contributed by atoms with van der Waals surface area (Å²) in [4.78, 5) is 66.4. The Hall–Kier alpha value is -4.61. The van der Waals surface area contributed by atoms with Crippen molar-refractivity contribution in [3.05, 3.63) is 62.3 Å². The number of likely N-dealkylation sites (tertiary alicyclic amines) is 1. The predicted octanol–water partition coefficient (Wildman–Crippen LogP) is 3.18. The second-order valence-corrected chi connectivity index (χ2v) is 10.3. The largest absolute Gasteiger partial charge is 0.490 e. The molecule has 0 unspecified atom stereocenters. The highest BCUT2D eigenvalue weighted by atomic mass is 16.6. The van der Waals surface area contributed by atoms with Crippen molar-refractivity contribution in [3.63, 3.8) is 0 Å². The highest BCUT2D eigenvalue weighted by Gasteiger charge is 2.30. The van der Waals surface area contributed by atoms with E-state index in [1.165, 1.54) is 21.3 Å². The molecule has 1 aliphatic heterocycles. The maximum absolute atomic E-state index is 13.8. The van der Waals surface area contributed by atoms with Crippen LogP contribution in [0.5, 0.6) is 11.5 Å². The third kappa shape index (κ3) is 6.73. The SMILES string of the molecule is CCOC(=O)COc1cc(C(=O)N2CCC(n3c(=O)c4cc(C)ccc4n(C)c3=O)CC2)c(NC(=O)CC)cc1OCC. The molecule has 1 N–H and O–H groups in total. The van der Waals surface area contributed by atoms with E-state index >= 15 is 0 Å². The number of carbonyl (C=O) groups is 3. The van der Waals surface area contributed by atoms with Gasteiger partial charge in [0.1, 0.15) is 0 Å². The summed E-state index contributed by atoms with van der Waals surface area (Å²) in [5, 5.41) is 3.24. The molecule has 1 aliphatic rings. The van der Waals surface area contributed by atoms with Crippen molar-refractivity contribution in [2.75, 3.05) is 38.2 Å². The van der Waals surface area contributed by atoms with Crippen molar-refractivity contribution in [2.45, 2.75) is 53.0 Å². The van der Waals surface area contributed by atoms with E-state index < -0.39 is 11.7 Å². The molecule has 0 aliphatic carbocycles. The number of benzene rings is 2. The van der Waals surface area contributed by atoms with Crippen LogP contribution in [0, 0.1) is 6.92 Å². The lowest BCUT2D eigenvalue weighted by Crippen LogP contribution is -2.46. The van der Waals surface area contributed by atoms with Crippen LogP contribution in [0.1, 0.15) is 62.0 Å². The Balaban J connectivity index is 1.63. The van der Waals surface area contributed by atoms with Crippen molar-refractivity contribution in [1.29, 1.82) is 0 Å². The van der Waals surface area contributed by atoms with Crippen molar-refractivity contribution in [2.24, 2.45) is 7.05 Å². The highest BCUT2D eigenvalue weighted by Crippen LogP contribution is 2.35. The standard InChI is InChI=1S/C31H38N4O8/c1-6-27(36)32-23-17-26(41-7-2)25(43-18-28(37)42-8-3)16-21(23)29(38)34-13-11-20(12-14-34)35-30(39)22-15-19(4)9-10-24(22)33(5)31(35)40/h9-10,15-17,20H,6-8,11-14,18H2,1-5H3,(H,32,36). The van der Waals surface area contributed by atoms with Crippen molar-refractivity contribution < 1.29 is 28.6 Å². The maximum Gasteiger partial charge on any atom is 0.344 e. The highest BCUT2D eigenvalue weighted by molar-refractivity contribution is 6.04. The molecule has 0 bridgehead atoms. The van der Waals surface area contributed by atoms with E-state index in [1.54, 1.807) is 44.9 Å². The minimum absolute atomic E-state index is 0.157. The molecule has 0 atom stereocenters. The Morgan fingerprint density at radius 1 is 0.953 bits per heavy atom. The molecule has 2 aromatic carbocycles. The average Bonchev–Trinajstić information content (AvgIpc) is 2.99. The van der Waals surface area contributed by atoms with Gasteiger partial charge in [0.2, 0.25) is 5.91 Å². The molecule has 43 heavy (non-hydrogen) atoms. The Kier molecular flexibility index (Phi) is 9.89. The smallest absolute Gasteiger partial charge is 0.344 e. The summed E-state index contributed by atoms with van der Waals surface area (Å²) >= 11 is 0. The van der Waals surface area contributed by atoms with E-state index in [2.05, 4.69) is 5.32 Å². The van der Waals surface area contributed by atoms with Crippen molar-refractivity contribution in [1.82, 2.24) is 14.0 Å². The van der Waals surface area contributed by atoms with Gasteiger partial charge in [-0.2, -0.15) is 0 Å². The Bertz CT molecular complexity index is 1650. The molecule has 1 fully saturated rings. The number of amides is 2. The number of nitrogens with zero attached hydrogens (tertiary/aromatic N) is 3. The molecule has 0 saturated carbocycles. The summed E-state index contributed by atoms with van der Waals surface area (Å²) in [6.45, 7) is 7.69. The predicted molar refractivity (Wildman–Crippen MR) is 161 cm³/mol. The van der Waals surface area contributed by atoms with Gasteiger partial charge in [0, 0.05) is 38.7 Å². The Morgan fingerprint density at radius 3 is 2.30 bits per heavy atom. The van der Waals surface area contributed by atoms with Gasteiger partial charge in [-0.15, -0.1) is 0 Å². The quantitative estimate of drug-likeness (QED) is 0.353. The number of hydrogen-bond acceptors (Lipinski definition) is 8. The van der Waals surface area contributed by atoms with Crippen molar-refractivity contribution >= 4 is 34.4 Å². The topological polar surface area (TPSA) is 138 Å². The summed E-state index contributed by atoms with van der Waals surface area (Å²) < 4.78 is 19.1. The van der Waals surface area contributed by atoms with Gasteiger partial charge in [0.15, 0.2) is 18.1 Å². The van der Waals surface area contributed by atoms with Gasteiger partial charge >= 0.3 is 11.7 Å². The van der Waals surface area contributed by atoms with Crippen LogP contribution in [-0.2, 0) is 21.4 Å². The molecule has 230 valence electrons. The van der Waals surface area contributed by atoms with Gasteiger partial charge in [-0.1, -0.05) is 18.6 Å². The van der Waals surface area contributed by atoms with Crippen LogP contribution in [-0.4, -0.2) is 64.7 Å². The third-order valence-corrected chi connectivity index (χ3v) is 7.43. The lowest BCUT2D eigenvalue weighted by molar-refractivity contribution is -0.145. The third-order valence-electron chi connectivity index (χ3n) is 7.43. The Labute approximate surface area is 249 Å². The van der Waals surface area contributed by atoms with Crippen LogP contribution in [0.4, 0.5) is 5.69 Å². The summed E-state index contributed by atoms with van der Waals surface area (Å²) in [6, 6.07) is 8.00. The lowest BCUT2D eigenvalue weighted by atomic mass is 10.0. The molecule has 1 aromatic heterocycles. The van der Waals surface area contributed by atoms with E-state index in [1.807, 2.05) is 13.0 Å². The number of ether oxygens (including phenoxy) is 3. The maximum atomic E-state index is 13.8. The van der Waals surface area contributed by atoms with E-state index in [9.17, 15) is 24.0 Å². The van der Waals surface area contributed by atoms with Gasteiger partial charge in [-0.05, 0) is 51.8 Å². The van der Waals surface area contributed by atoms with Crippen LogP contribution >= 0.6 is 0 Å². The fourth-order valence-corrected chi connectivity index (χ4v) is 5.21. The molecule has 4 rings (SSSR count). The number of aryl methyl sites for hydroxylation is 2. The van der Waals surface area contributed by atoms with Crippen LogP contribution in [0.15, 0.2) is 39.9 Å². The monoisotopic (exact) mass is 594 g/mol. The van der Waals surface area contributed by atoms with E-state index in [4.69, 9.17) is 14.2 Å². The molecule has 3 aromatic rings. The molecule has 12 nitrogen and oxygen atoms in total. The van der Waals surface area contributed by atoms with Crippen LogP contribution in [0.2, 0.25) is 0 Å². The molecule has 1 saturated heterocycles. The van der Waals surface area contributed by atoms with E-state index in [0.29, 0.717) is 23.7 Å². The fourth-order valence-electron chi connectivity index (χ4n) is 5.21. The summed E-state index contributed by atoms with van der Waals surface area (Å²) in [6.07, 6.45) is 0.968. The molecule has 2 heterocycles. The second-order valence-electron chi connectivity index (χ2n) is 10.3. The Morgan fingerprint density at radius 2 is 1.65 bits per heavy atom. The van der Waals surface area contributed by atoms with Crippen LogP contribution < -0.4 is 26.0 Å². The summed E-state index contributed by atoms with van der Waals surface area (Å²) in [5.41, 5.74) is 1.17. The van der Waals surface area contributed by atoms with E-state index in [-0.39, 0.29) is 85.5 Å². The number of aromatic nitrogens is 2. The molecular formula is C31H38N4O8. The second kappa shape index (κ2) is 13.6. The zero-order chi connectivity index (χ0) is 31.3. The van der Waals surface area contributed by atoms with Crippen molar-refractivity contribution in [3.8, 4) is 11.5 Å². The van der Waals surface area contributed by atoms with Gasteiger partial charge in [-0.3, -0.25) is 23.5 Å². The van der Waals surface area contributed by atoms with Gasteiger partial charge in [0.05, 0.1) is 35.4 Å². The number of rotatable bonds is 10. The zero-order valence-corrected chi connectivity index (χ0v) is 25.2. The van der Waals surface area contributed by atoms with Gasteiger partial charge < -0.3 is 24.4 Å². The molecule has 2 amide bonds. The molecule has 12 heteroatoms. The summed E-state index contributed by atoms with van der Waals surface area (Å²) in [5.74, 6) is -0.826. The lowest BCUT2D eigenvalue weighted by Gasteiger charge is -2.33. The number of fused-ring (bicyclic) bond motifs is 1. The average molecular weight is 595 g/mol. The molecule has 0 radical (unpaired) electrons. The first kappa shape index (κ1) is 31.3. The zero-order valence-electron chi connectivity index (χ0n) is 25.2. The van der Waals surface area contributed by atoms with Gasteiger partial charge in [0.25, 0.3) is 11.5 Å². The fraction of sp³-hybridized carbons (Fsp3) is 0.452. The first-order valence-electron chi connectivity index (χ1n) is 14.5.